The molecule has 1 N–H and O–H groups in total. The highest BCUT2D eigenvalue weighted by atomic mass is 79.9. The van der Waals surface area contributed by atoms with Crippen molar-refractivity contribution in [2.45, 2.75) is 26.5 Å². The molecule has 1 saturated heterocycles. The fraction of sp³-hybridized carbons (Fsp3) is 0.526. The summed E-state index contributed by atoms with van der Waals surface area (Å²) in [5, 5.41) is 2.87. The van der Waals surface area contributed by atoms with Crippen molar-refractivity contribution in [3.63, 3.8) is 0 Å². The van der Waals surface area contributed by atoms with Crippen LogP contribution in [0.5, 0.6) is 5.75 Å². The van der Waals surface area contributed by atoms with E-state index in [1.165, 1.54) is 18.2 Å². The molecule has 1 heterocycles. The smallest absolute Gasteiger partial charge is 0.387 e. The van der Waals surface area contributed by atoms with Crippen LogP contribution in [0, 0.1) is 0 Å². The highest BCUT2D eigenvalue weighted by Gasteiger charge is 2.20. The Morgan fingerprint density at radius 2 is 2.04 bits per heavy atom. The third kappa shape index (κ3) is 7.20. The Bertz CT molecular complexity index is 650. The molecule has 0 saturated carbocycles. The Morgan fingerprint density at radius 3 is 2.67 bits per heavy atom. The molecule has 0 spiro atoms. The number of ether oxygens (including phenoxy) is 1. The second-order valence-corrected chi connectivity index (χ2v) is 7.37. The van der Waals surface area contributed by atoms with Gasteiger partial charge in [0.1, 0.15) is 5.75 Å². The number of halogens is 3. The summed E-state index contributed by atoms with van der Waals surface area (Å²) >= 11 is 3.29. The second kappa shape index (κ2) is 10.7. The third-order valence-electron chi connectivity index (χ3n) is 4.65. The standard InChI is InChI=1S/C19H26BrF2N3O2/c1-3-24-8-10-25(11-9-24)14(2)13-23-18(26)7-4-15-12-16(20)5-6-17(15)27-19(21)22/h4-7,12,14,19H,3,8-11,13H2,1-2H3,(H,23,26)/b7-4+. The van der Waals surface area contributed by atoms with E-state index >= 15 is 0 Å². The lowest BCUT2D eigenvalue weighted by molar-refractivity contribution is -0.116. The van der Waals surface area contributed by atoms with Crippen LogP contribution in [0.25, 0.3) is 6.08 Å². The summed E-state index contributed by atoms with van der Waals surface area (Å²) in [7, 11) is 0. The number of likely N-dealkylation sites (N-methyl/N-ethyl adjacent to an activating group) is 1. The first-order chi connectivity index (χ1) is 12.9. The molecule has 150 valence electrons. The van der Waals surface area contributed by atoms with Crippen LogP contribution in [0.4, 0.5) is 8.78 Å². The maximum Gasteiger partial charge on any atom is 0.387 e. The van der Waals surface area contributed by atoms with Gasteiger partial charge < -0.3 is 15.0 Å². The summed E-state index contributed by atoms with van der Waals surface area (Å²) < 4.78 is 30.2. The van der Waals surface area contributed by atoms with Crippen LogP contribution in [0.2, 0.25) is 0 Å². The Hall–Kier alpha value is -1.51. The minimum atomic E-state index is -2.92. The zero-order valence-electron chi connectivity index (χ0n) is 15.6. The van der Waals surface area contributed by atoms with Crippen molar-refractivity contribution in [3.8, 4) is 5.75 Å². The SMILES string of the molecule is CCN1CCN(C(C)CNC(=O)/C=C/c2cc(Br)ccc2OC(F)F)CC1. The molecule has 1 atom stereocenters. The van der Waals surface area contributed by atoms with E-state index in [0.717, 1.165) is 32.7 Å². The number of amides is 1. The van der Waals surface area contributed by atoms with Crippen molar-refractivity contribution in [1.29, 1.82) is 0 Å². The molecule has 2 rings (SSSR count). The van der Waals surface area contributed by atoms with E-state index in [1.807, 2.05) is 0 Å². The number of piperazine rings is 1. The van der Waals surface area contributed by atoms with Crippen LogP contribution >= 0.6 is 15.9 Å². The number of hydrogen-bond acceptors (Lipinski definition) is 4. The van der Waals surface area contributed by atoms with Gasteiger partial charge in [0.05, 0.1) is 0 Å². The van der Waals surface area contributed by atoms with E-state index in [2.05, 4.69) is 49.6 Å². The molecule has 1 aliphatic rings. The molecule has 1 aromatic carbocycles. The molecule has 5 nitrogen and oxygen atoms in total. The summed E-state index contributed by atoms with van der Waals surface area (Å²) in [6.45, 7) is 7.02. The van der Waals surface area contributed by atoms with E-state index in [1.54, 1.807) is 12.1 Å². The topological polar surface area (TPSA) is 44.8 Å². The van der Waals surface area contributed by atoms with E-state index in [0.29, 0.717) is 16.6 Å². The van der Waals surface area contributed by atoms with E-state index in [-0.39, 0.29) is 17.7 Å². The number of hydrogen-bond donors (Lipinski definition) is 1. The van der Waals surface area contributed by atoms with Crippen LogP contribution < -0.4 is 10.1 Å². The van der Waals surface area contributed by atoms with Crippen molar-refractivity contribution in [1.82, 2.24) is 15.1 Å². The molecule has 27 heavy (non-hydrogen) atoms. The molecule has 1 aromatic rings. The van der Waals surface area contributed by atoms with E-state index in [4.69, 9.17) is 0 Å². The van der Waals surface area contributed by atoms with Gasteiger partial charge in [-0.05, 0) is 37.7 Å². The largest absolute Gasteiger partial charge is 0.434 e. The average Bonchev–Trinajstić information content (AvgIpc) is 2.66. The van der Waals surface area contributed by atoms with Crippen LogP contribution in [-0.2, 0) is 4.79 Å². The predicted octanol–water partition coefficient (Wildman–Crippen LogP) is 3.21. The first-order valence-corrected chi connectivity index (χ1v) is 9.85. The molecule has 8 heteroatoms. The highest BCUT2D eigenvalue weighted by molar-refractivity contribution is 9.10. The van der Waals surface area contributed by atoms with Crippen LogP contribution in [0.3, 0.4) is 0 Å². The molecule has 1 amide bonds. The van der Waals surface area contributed by atoms with Gasteiger partial charge in [-0.1, -0.05) is 22.9 Å². The molecule has 1 unspecified atom stereocenters. The zero-order chi connectivity index (χ0) is 19.8. The van der Waals surface area contributed by atoms with Gasteiger partial charge >= 0.3 is 6.61 Å². The first-order valence-electron chi connectivity index (χ1n) is 9.05. The fourth-order valence-corrected chi connectivity index (χ4v) is 3.35. The number of carbonyl (C=O) groups is 1. The maximum atomic E-state index is 12.5. The molecule has 0 bridgehead atoms. The van der Waals surface area contributed by atoms with Crippen molar-refractivity contribution in [3.05, 3.63) is 34.3 Å². The minimum Gasteiger partial charge on any atom is -0.434 e. The average molecular weight is 446 g/mol. The van der Waals surface area contributed by atoms with Crippen LogP contribution in [-0.4, -0.2) is 67.6 Å². The summed E-state index contributed by atoms with van der Waals surface area (Å²) in [5.41, 5.74) is 0.406. The predicted molar refractivity (Wildman–Crippen MR) is 106 cm³/mol. The van der Waals surface area contributed by atoms with Gasteiger partial charge in [-0.15, -0.1) is 0 Å². The number of nitrogens with one attached hydrogen (secondary N) is 1. The first kappa shape index (κ1) is 21.8. The van der Waals surface area contributed by atoms with E-state index < -0.39 is 6.61 Å². The van der Waals surface area contributed by atoms with Crippen molar-refractivity contribution in [2.75, 3.05) is 39.3 Å². The van der Waals surface area contributed by atoms with Crippen LogP contribution in [0.1, 0.15) is 19.4 Å². The summed E-state index contributed by atoms with van der Waals surface area (Å²) in [5.74, 6) is -0.239. The van der Waals surface area contributed by atoms with Gasteiger partial charge in [0, 0.05) is 54.9 Å². The normalized spacial score (nSPS) is 17.4. The Morgan fingerprint density at radius 1 is 1.33 bits per heavy atom. The number of benzene rings is 1. The van der Waals surface area contributed by atoms with Crippen molar-refractivity contribution < 1.29 is 18.3 Å². The molecule has 0 aromatic heterocycles. The monoisotopic (exact) mass is 445 g/mol. The zero-order valence-corrected chi connectivity index (χ0v) is 17.2. The molecule has 1 aliphatic heterocycles. The summed E-state index contributed by atoms with van der Waals surface area (Å²) in [4.78, 5) is 16.9. The number of rotatable bonds is 8. The Kier molecular flexibility index (Phi) is 8.66. The fourth-order valence-electron chi connectivity index (χ4n) is 2.97. The summed E-state index contributed by atoms with van der Waals surface area (Å²) in [6.07, 6.45) is 2.81. The van der Waals surface area contributed by atoms with Gasteiger partial charge in [0.15, 0.2) is 0 Å². The Labute approximate surface area is 167 Å². The van der Waals surface area contributed by atoms with Gasteiger partial charge in [-0.3, -0.25) is 9.69 Å². The molecule has 1 fully saturated rings. The van der Waals surface area contributed by atoms with Gasteiger partial charge in [0.25, 0.3) is 0 Å². The molecular weight excluding hydrogens is 420 g/mol. The van der Waals surface area contributed by atoms with Gasteiger partial charge in [0.2, 0.25) is 5.91 Å². The van der Waals surface area contributed by atoms with Gasteiger partial charge in [-0.25, -0.2) is 0 Å². The number of nitrogens with zero attached hydrogens (tertiary/aromatic N) is 2. The lowest BCUT2D eigenvalue weighted by Crippen LogP contribution is -2.52. The molecular formula is C19H26BrF2N3O2. The Balaban J connectivity index is 1.86. The number of carbonyl (C=O) groups excluding carboxylic acids is 1. The molecule has 0 radical (unpaired) electrons. The maximum absolute atomic E-state index is 12.5. The van der Waals surface area contributed by atoms with Gasteiger partial charge in [-0.2, -0.15) is 8.78 Å². The minimum absolute atomic E-state index is 0.0272. The quantitative estimate of drug-likeness (QED) is 0.624. The summed E-state index contributed by atoms with van der Waals surface area (Å²) in [6, 6.07) is 4.91. The van der Waals surface area contributed by atoms with Crippen molar-refractivity contribution in [2.24, 2.45) is 0 Å². The lowest BCUT2D eigenvalue weighted by atomic mass is 10.2. The number of alkyl halides is 2. The molecule has 0 aliphatic carbocycles. The lowest BCUT2D eigenvalue weighted by Gasteiger charge is -2.37. The van der Waals surface area contributed by atoms with E-state index in [9.17, 15) is 13.6 Å². The second-order valence-electron chi connectivity index (χ2n) is 6.46. The van der Waals surface area contributed by atoms with Crippen molar-refractivity contribution >= 4 is 27.9 Å². The highest BCUT2D eigenvalue weighted by Crippen LogP contribution is 2.25. The third-order valence-corrected chi connectivity index (χ3v) is 5.14. The van der Waals surface area contributed by atoms with Crippen LogP contribution in [0.15, 0.2) is 28.7 Å².